The zero-order valence-corrected chi connectivity index (χ0v) is 30.0. The van der Waals surface area contributed by atoms with E-state index in [1.165, 1.54) is 23.1 Å². The van der Waals surface area contributed by atoms with E-state index in [1.54, 1.807) is 42.5 Å². The normalized spacial score (nSPS) is 11.8. The predicted octanol–water partition coefficient (Wildman–Crippen LogP) is 9.76. The number of anilines is 2. The van der Waals surface area contributed by atoms with Crippen LogP contribution in [0.2, 0.25) is 0 Å². The van der Waals surface area contributed by atoms with Crippen LogP contribution in [0.25, 0.3) is 17.3 Å². The maximum Gasteiger partial charge on any atom is 0.272 e. The summed E-state index contributed by atoms with van der Waals surface area (Å²) in [7, 11) is 0. The van der Waals surface area contributed by atoms with Gasteiger partial charge in [-0.3, -0.25) is 14.4 Å². The fraction of sp³-hybridized carbons (Fsp3) is 0.0500. The lowest BCUT2D eigenvalue weighted by molar-refractivity contribution is -0.116. The van der Waals surface area contributed by atoms with Gasteiger partial charge in [0, 0.05) is 31.6 Å². The molecule has 3 N–H and O–H groups in total. The molecule has 1 unspecified atom stereocenters. The molecular formula is C40H31BrN4O3S2. The molecule has 0 saturated carbocycles. The Morgan fingerprint density at radius 2 is 1.44 bits per heavy atom. The molecule has 0 aliphatic rings. The molecule has 0 aliphatic carbocycles. The second-order valence-corrected chi connectivity index (χ2v) is 14.2. The second-order valence-electron chi connectivity index (χ2n) is 11.2. The molecule has 50 heavy (non-hydrogen) atoms. The fourth-order valence-corrected chi connectivity index (χ4v) is 6.89. The first-order valence-corrected chi connectivity index (χ1v) is 18.2. The number of halogens is 1. The molecule has 0 saturated heterocycles. The van der Waals surface area contributed by atoms with Crippen LogP contribution in [0.15, 0.2) is 154 Å². The number of aromatic nitrogens is 1. The molecule has 5 aromatic carbocycles. The van der Waals surface area contributed by atoms with E-state index in [2.05, 4.69) is 36.9 Å². The number of benzene rings is 5. The van der Waals surface area contributed by atoms with Gasteiger partial charge in [0.05, 0.1) is 5.69 Å². The fourth-order valence-electron chi connectivity index (χ4n) is 4.88. The summed E-state index contributed by atoms with van der Waals surface area (Å²) in [6, 6.07) is 41.1. The van der Waals surface area contributed by atoms with Crippen molar-refractivity contribution in [2.24, 2.45) is 0 Å². The molecule has 3 amide bonds. The van der Waals surface area contributed by atoms with Gasteiger partial charge in [-0.05, 0) is 72.7 Å². The highest BCUT2D eigenvalue weighted by atomic mass is 79.9. The molecule has 0 radical (unpaired) electrons. The average molecular weight is 760 g/mol. The molecule has 1 heterocycles. The van der Waals surface area contributed by atoms with Crippen molar-refractivity contribution >= 4 is 73.6 Å². The number of amides is 3. The maximum absolute atomic E-state index is 13.7. The summed E-state index contributed by atoms with van der Waals surface area (Å²) < 4.78 is 0.982. The third-order valence-corrected chi connectivity index (χ3v) is 10.1. The highest BCUT2D eigenvalue weighted by molar-refractivity contribution is 9.10. The first-order chi connectivity index (χ1) is 24.3. The van der Waals surface area contributed by atoms with Gasteiger partial charge in [-0.1, -0.05) is 106 Å². The number of hydrogen-bond acceptors (Lipinski definition) is 6. The molecule has 248 valence electrons. The summed E-state index contributed by atoms with van der Waals surface area (Å²) in [5.74, 6) is -1.06. The first kappa shape index (κ1) is 34.6. The van der Waals surface area contributed by atoms with Crippen LogP contribution >= 0.6 is 39.0 Å². The van der Waals surface area contributed by atoms with Crippen molar-refractivity contribution in [3.8, 4) is 11.3 Å². The molecule has 10 heteroatoms. The number of carbonyl (C=O) groups is 3. The van der Waals surface area contributed by atoms with Crippen LogP contribution in [0.3, 0.4) is 0 Å². The molecule has 7 nitrogen and oxygen atoms in total. The van der Waals surface area contributed by atoms with Gasteiger partial charge in [-0.15, -0.1) is 23.1 Å². The van der Waals surface area contributed by atoms with Crippen molar-refractivity contribution in [3.63, 3.8) is 0 Å². The highest BCUT2D eigenvalue weighted by Crippen LogP contribution is 2.37. The predicted molar refractivity (Wildman–Crippen MR) is 207 cm³/mol. The van der Waals surface area contributed by atoms with Gasteiger partial charge in [-0.25, -0.2) is 4.98 Å². The van der Waals surface area contributed by atoms with Crippen molar-refractivity contribution < 1.29 is 14.4 Å². The van der Waals surface area contributed by atoms with Crippen LogP contribution in [0.4, 0.5) is 10.8 Å². The number of aryl methyl sites for hydroxylation is 1. The van der Waals surface area contributed by atoms with Gasteiger partial charge < -0.3 is 16.0 Å². The summed E-state index contributed by atoms with van der Waals surface area (Å²) in [5, 5.41) is 10.5. The quantitative estimate of drug-likeness (QED) is 0.0903. The summed E-state index contributed by atoms with van der Waals surface area (Å²) in [5.41, 5.74) is 5.53. The van der Waals surface area contributed by atoms with Crippen molar-refractivity contribution in [1.82, 2.24) is 10.3 Å². The zero-order valence-electron chi connectivity index (χ0n) is 26.8. The van der Waals surface area contributed by atoms with Gasteiger partial charge in [0.15, 0.2) is 5.13 Å². The third kappa shape index (κ3) is 9.23. The Labute approximate surface area is 307 Å². The Morgan fingerprint density at radius 1 is 0.780 bits per heavy atom. The van der Waals surface area contributed by atoms with Crippen LogP contribution in [-0.2, 0) is 9.59 Å². The van der Waals surface area contributed by atoms with Crippen LogP contribution in [0.5, 0.6) is 0 Å². The maximum atomic E-state index is 13.7. The van der Waals surface area contributed by atoms with E-state index in [0.29, 0.717) is 16.4 Å². The molecule has 0 bridgehead atoms. The van der Waals surface area contributed by atoms with Crippen LogP contribution < -0.4 is 16.0 Å². The summed E-state index contributed by atoms with van der Waals surface area (Å²) >= 11 is 6.23. The lowest BCUT2D eigenvalue weighted by atomic mass is 10.1. The van der Waals surface area contributed by atoms with E-state index < -0.39 is 17.1 Å². The average Bonchev–Trinajstić information content (AvgIpc) is 3.61. The molecular weight excluding hydrogens is 729 g/mol. The van der Waals surface area contributed by atoms with Crippen LogP contribution in [0, 0.1) is 6.92 Å². The van der Waals surface area contributed by atoms with E-state index in [-0.39, 0.29) is 11.6 Å². The van der Waals surface area contributed by atoms with E-state index >= 15 is 0 Å². The lowest BCUT2D eigenvalue weighted by Gasteiger charge is -2.17. The molecule has 0 spiro atoms. The Bertz CT molecular complexity index is 2120. The standard InChI is InChI=1S/C40H31BrN4O3S2/c1-26-12-14-27(15-13-26)24-34(43-37(46)30-10-6-3-7-11-30)38(47)42-32-20-22-33(23-21-32)50-36(29-8-4-2-5-9-29)39(48)45-40-44-35(25-49-40)28-16-18-31(41)19-17-28/h2-25,36H,1H3,(H,42,47)(H,43,46)(H,44,45,48)/b34-24-. The van der Waals surface area contributed by atoms with Crippen molar-refractivity contribution in [2.75, 3.05) is 10.6 Å². The summed E-state index contributed by atoms with van der Waals surface area (Å²) in [6.07, 6.45) is 1.65. The highest BCUT2D eigenvalue weighted by Gasteiger charge is 2.23. The van der Waals surface area contributed by atoms with Gasteiger partial charge in [-0.2, -0.15) is 0 Å². The van der Waals surface area contributed by atoms with E-state index in [1.807, 2.05) is 109 Å². The Morgan fingerprint density at radius 3 is 2.12 bits per heavy atom. The van der Waals surface area contributed by atoms with Gasteiger partial charge in [0.25, 0.3) is 11.8 Å². The topological polar surface area (TPSA) is 100 Å². The minimum atomic E-state index is -0.561. The van der Waals surface area contributed by atoms with Crippen LogP contribution in [0.1, 0.15) is 32.3 Å². The van der Waals surface area contributed by atoms with Crippen molar-refractivity contribution in [2.45, 2.75) is 17.1 Å². The van der Waals surface area contributed by atoms with Crippen LogP contribution in [-0.4, -0.2) is 22.7 Å². The van der Waals surface area contributed by atoms with Crippen molar-refractivity contribution in [3.05, 3.63) is 171 Å². The Hall–Kier alpha value is -5.29. The smallest absolute Gasteiger partial charge is 0.272 e. The summed E-state index contributed by atoms with van der Waals surface area (Å²) in [6.45, 7) is 1.98. The third-order valence-electron chi connectivity index (χ3n) is 7.50. The molecule has 0 aliphatic heterocycles. The number of carbonyl (C=O) groups excluding carboxylic acids is 3. The van der Waals surface area contributed by atoms with E-state index in [9.17, 15) is 14.4 Å². The van der Waals surface area contributed by atoms with Gasteiger partial charge in [0.1, 0.15) is 10.9 Å². The second kappa shape index (κ2) is 16.4. The minimum Gasteiger partial charge on any atom is -0.321 e. The molecule has 6 rings (SSSR count). The summed E-state index contributed by atoms with van der Waals surface area (Å²) in [4.78, 5) is 45.7. The monoisotopic (exact) mass is 758 g/mol. The number of thiazole rings is 1. The van der Waals surface area contributed by atoms with Crippen molar-refractivity contribution in [1.29, 1.82) is 0 Å². The minimum absolute atomic E-state index is 0.104. The molecule has 6 aromatic rings. The number of nitrogens with zero attached hydrogens (tertiary/aromatic N) is 1. The Balaban J connectivity index is 1.16. The molecule has 1 aromatic heterocycles. The number of thioether (sulfide) groups is 1. The number of nitrogens with one attached hydrogen (secondary N) is 3. The number of rotatable bonds is 11. The first-order valence-electron chi connectivity index (χ1n) is 15.6. The zero-order chi connectivity index (χ0) is 34.9. The number of hydrogen-bond donors (Lipinski definition) is 3. The molecule has 0 fully saturated rings. The van der Waals surface area contributed by atoms with Gasteiger partial charge >= 0.3 is 0 Å². The largest absolute Gasteiger partial charge is 0.321 e. The molecule has 1 atom stereocenters. The Kier molecular flexibility index (Phi) is 11.3. The lowest BCUT2D eigenvalue weighted by Crippen LogP contribution is -2.30. The van der Waals surface area contributed by atoms with Gasteiger partial charge in [0.2, 0.25) is 5.91 Å². The van der Waals surface area contributed by atoms with E-state index in [0.717, 1.165) is 37.3 Å². The van der Waals surface area contributed by atoms with E-state index in [4.69, 9.17) is 0 Å². The SMILES string of the molecule is Cc1ccc(/C=C(\NC(=O)c2ccccc2)C(=O)Nc2ccc(SC(C(=O)Nc3nc(-c4ccc(Br)cc4)cs3)c3ccccc3)cc2)cc1.